The number of hydrogen-bond acceptors (Lipinski definition) is 5. The molecule has 9 heteroatoms. The maximum absolute atomic E-state index is 12.8. The van der Waals surface area contributed by atoms with Gasteiger partial charge in [0.15, 0.2) is 0 Å². The summed E-state index contributed by atoms with van der Waals surface area (Å²) in [5, 5.41) is 5.88. The fourth-order valence-electron chi connectivity index (χ4n) is 3.39. The van der Waals surface area contributed by atoms with E-state index in [0.29, 0.717) is 23.7 Å². The fraction of sp³-hybridized carbons (Fsp3) is 0.174. The van der Waals surface area contributed by atoms with Gasteiger partial charge < -0.3 is 15.5 Å². The van der Waals surface area contributed by atoms with E-state index >= 15 is 0 Å². The molecule has 0 spiro atoms. The molecule has 0 unspecified atom stereocenters. The molecule has 4 rings (SSSR count). The predicted octanol–water partition coefficient (Wildman–Crippen LogP) is 4.15. The molecule has 0 atom stereocenters. The first-order chi connectivity index (χ1) is 15.5. The van der Waals surface area contributed by atoms with E-state index in [-0.39, 0.29) is 22.9 Å². The van der Waals surface area contributed by atoms with Crippen LogP contribution in [0.1, 0.15) is 40.1 Å². The van der Waals surface area contributed by atoms with Gasteiger partial charge in [-0.15, -0.1) is 0 Å². The van der Waals surface area contributed by atoms with Crippen LogP contribution in [0, 0.1) is 0 Å². The monoisotopic (exact) mass is 449 g/mol. The number of halogens is 1. The van der Waals surface area contributed by atoms with Crippen molar-refractivity contribution in [2.24, 2.45) is 0 Å². The third-order valence-corrected chi connectivity index (χ3v) is 5.26. The molecule has 32 heavy (non-hydrogen) atoms. The number of aromatic nitrogens is 2. The summed E-state index contributed by atoms with van der Waals surface area (Å²) in [6.45, 7) is 0.701. The normalized spacial score (nSPS) is 13.5. The summed E-state index contributed by atoms with van der Waals surface area (Å²) in [4.78, 5) is 47.1. The lowest BCUT2D eigenvalue weighted by molar-refractivity contribution is -0.119. The number of carbonyl (C=O) groups excluding carboxylic acids is 3. The molecule has 1 saturated heterocycles. The molecule has 1 aromatic carbocycles. The van der Waals surface area contributed by atoms with Gasteiger partial charge in [0.25, 0.3) is 11.8 Å². The molecule has 3 amide bonds. The molecule has 8 nitrogen and oxygen atoms in total. The first kappa shape index (κ1) is 21.5. The highest BCUT2D eigenvalue weighted by Crippen LogP contribution is 2.24. The number of anilines is 3. The summed E-state index contributed by atoms with van der Waals surface area (Å²) in [7, 11) is 0. The van der Waals surface area contributed by atoms with Crippen molar-refractivity contribution < 1.29 is 14.4 Å². The Balaban J connectivity index is 1.46. The van der Waals surface area contributed by atoms with Crippen molar-refractivity contribution in [2.75, 3.05) is 22.1 Å². The maximum Gasteiger partial charge on any atom is 0.274 e. The highest BCUT2D eigenvalue weighted by atomic mass is 35.5. The smallest absolute Gasteiger partial charge is 0.274 e. The van der Waals surface area contributed by atoms with Crippen LogP contribution in [0.25, 0.3) is 0 Å². The summed E-state index contributed by atoms with van der Waals surface area (Å²) < 4.78 is 0. The van der Waals surface area contributed by atoms with Gasteiger partial charge in [0.2, 0.25) is 5.91 Å². The Bertz CT molecular complexity index is 1150. The standard InChI is InChI=1S/C23H20ClN5O3/c24-15-4-9-19(26-13-15)23(32)28-20-14-25-11-10-18(20)22(31)27-16-5-7-17(8-6-16)29-12-2-1-3-21(29)30/h4-11,13-14H,1-3,12H2,(H,27,31)(H,28,32). The zero-order valence-corrected chi connectivity index (χ0v) is 17.8. The Morgan fingerprint density at radius 1 is 0.938 bits per heavy atom. The minimum Gasteiger partial charge on any atom is -0.322 e. The fourth-order valence-corrected chi connectivity index (χ4v) is 3.50. The van der Waals surface area contributed by atoms with Crippen LogP contribution < -0.4 is 15.5 Å². The Kier molecular flexibility index (Phi) is 6.42. The second kappa shape index (κ2) is 9.57. The van der Waals surface area contributed by atoms with Gasteiger partial charge in [0.05, 0.1) is 22.5 Å². The molecule has 0 aliphatic carbocycles. The first-order valence-electron chi connectivity index (χ1n) is 10.1. The minimum absolute atomic E-state index is 0.111. The lowest BCUT2D eigenvalue weighted by Gasteiger charge is -2.26. The number of carbonyl (C=O) groups is 3. The van der Waals surface area contributed by atoms with E-state index < -0.39 is 11.8 Å². The topological polar surface area (TPSA) is 104 Å². The van der Waals surface area contributed by atoms with Gasteiger partial charge >= 0.3 is 0 Å². The highest BCUT2D eigenvalue weighted by molar-refractivity contribution is 6.30. The third kappa shape index (κ3) is 4.92. The van der Waals surface area contributed by atoms with Crippen molar-refractivity contribution in [3.05, 3.63) is 77.3 Å². The highest BCUT2D eigenvalue weighted by Gasteiger charge is 2.20. The minimum atomic E-state index is -0.487. The van der Waals surface area contributed by atoms with Crippen LogP contribution in [-0.4, -0.2) is 34.2 Å². The Morgan fingerprint density at radius 3 is 2.47 bits per heavy atom. The number of amides is 3. The lowest BCUT2D eigenvalue weighted by atomic mass is 10.1. The van der Waals surface area contributed by atoms with Gasteiger partial charge in [-0.3, -0.25) is 19.4 Å². The van der Waals surface area contributed by atoms with Crippen LogP contribution in [0.5, 0.6) is 0 Å². The van der Waals surface area contributed by atoms with Crippen LogP contribution in [0.3, 0.4) is 0 Å². The molecular weight excluding hydrogens is 430 g/mol. The molecule has 3 heterocycles. The van der Waals surface area contributed by atoms with Crippen molar-refractivity contribution in [3.8, 4) is 0 Å². The van der Waals surface area contributed by atoms with Crippen LogP contribution in [0.2, 0.25) is 5.02 Å². The summed E-state index contributed by atoms with van der Waals surface area (Å²) in [6.07, 6.45) is 6.69. The molecule has 1 aliphatic heterocycles. The van der Waals surface area contributed by atoms with Gasteiger partial charge in [0, 0.05) is 36.7 Å². The van der Waals surface area contributed by atoms with E-state index in [0.717, 1.165) is 18.5 Å². The Hall–Kier alpha value is -3.78. The number of piperidine rings is 1. The maximum atomic E-state index is 12.8. The average Bonchev–Trinajstić information content (AvgIpc) is 2.81. The van der Waals surface area contributed by atoms with Crippen molar-refractivity contribution in [3.63, 3.8) is 0 Å². The molecule has 1 fully saturated rings. The van der Waals surface area contributed by atoms with E-state index in [1.165, 1.54) is 30.7 Å². The summed E-state index contributed by atoms with van der Waals surface area (Å²) >= 11 is 5.80. The quantitative estimate of drug-likeness (QED) is 0.608. The molecule has 0 bridgehead atoms. The second-order valence-electron chi connectivity index (χ2n) is 7.24. The number of nitrogens with one attached hydrogen (secondary N) is 2. The molecule has 2 aromatic heterocycles. The zero-order valence-electron chi connectivity index (χ0n) is 17.0. The molecule has 0 saturated carbocycles. The SMILES string of the molecule is O=C(Nc1cnccc1C(=O)Nc1ccc(N2CCCCC2=O)cc1)c1ccc(Cl)cn1. The van der Waals surface area contributed by atoms with E-state index in [1.807, 2.05) is 0 Å². The Morgan fingerprint density at radius 2 is 1.75 bits per heavy atom. The van der Waals surface area contributed by atoms with E-state index in [1.54, 1.807) is 35.2 Å². The predicted molar refractivity (Wildman–Crippen MR) is 122 cm³/mol. The zero-order chi connectivity index (χ0) is 22.5. The van der Waals surface area contributed by atoms with Crippen molar-refractivity contribution in [1.29, 1.82) is 0 Å². The lowest BCUT2D eigenvalue weighted by Crippen LogP contribution is -2.35. The molecule has 162 valence electrons. The molecular formula is C23H20ClN5O3. The van der Waals surface area contributed by atoms with E-state index in [9.17, 15) is 14.4 Å². The van der Waals surface area contributed by atoms with Gasteiger partial charge in [-0.25, -0.2) is 4.98 Å². The third-order valence-electron chi connectivity index (χ3n) is 5.03. The van der Waals surface area contributed by atoms with Crippen LogP contribution in [0.15, 0.2) is 61.1 Å². The van der Waals surface area contributed by atoms with Crippen molar-refractivity contribution >= 4 is 46.4 Å². The molecule has 0 radical (unpaired) electrons. The summed E-state index contributed by atoms with van der Waals surface area (Å²) in [6, 6.07) is 11.7. The van der Waals surface area contributed by atoms with Crippen molar-refractivity contribution in [2.45, 2.75) is 19.3 Å². The van der Waals surface area contributed by atoms with Crippen LogP contribution in [0.4, 0.5) is 17.1 Å². The first-order valence-corrected chi connectivity index (χ1v) is 10.5. The molecule has 3 aromatic rings. The number of pyridine rings is 2. The number of benzene rings is 1. The van der Waals surface area contributed by atoms with Gasteiger partial charge in [-0.2, -0.15) is 0 Å². The van der Waals surface area contributed by atoms with Crippen LogP contribution in [-0.2, 0) is 4.79 Å². The molecule has 1 aliphatic rings. The van der Waals surface area contributed by atoms with Crippen LogP contribution >= 0.6 is 11.6 Å². The van der Waals surface area contributed by atoms with Crippen molar-refractivity contribution in [1.82, 2.24) is 9.97 Å². The number of nitrogens with zero attached hydrogens (tertiary/aromatic N) is 3. The summed E-state index contributed by atoms with van der Waals surface area (Å²) in [5.41, 5.74) is 2.03. The average molecular weight is 450 g/mol. The second-order valence-corrected chi connectivity index (χ2v) is 7.68. The largest absolute Gasteiger partial charge is 0.322 e. The Labute approximate surface area is 189 Å². The molecule has 2 N–H and O–H groups in total. The van der Waals surface area contributed by atoms with Gasteiger partial charge in [0.1, 0.15) is 5.69 Å². The van der Waals surface area contributed by atoms with Gasteiger partial charge in [-0.05, 0) is 55.3 Å². The number of hydrogen-bond donors (Lipinski definition) is 2. The van der Waals surface area contributed by atoms with Gasteiger partial charge in [-0.1, -0.05) is 11.6 Å². The van der Waals surface area contributed by atoms with E-state index in [2.05, 4.69) is 20.6 Å². The van der Waals surface area contributed by atoms with E-state index in [4.69, 9.17) is 11.6 Å². The number of rotatable bonds is 5. The summed E-state index contributed by atoms with van der Waals surface area (Å²) in [5.74, 6) is -0.784.